The lowest BCUT2D eigenvalue weighted by molar-refractivity contribution is -0.115. The van der Waals surface area contributed by atoms with E-state index in [1.54, 1.807) is 0 Å². The maximum atomic E-state index is 11.0. The molecule has 0 aromatic rings. The summed E-state index contributed by atoms with van der Waals surface area (Å²) < 4.78 is 0. The van der Waals surface area contributed by atoms with Crippen LogP contribution in [0.4, 0.5) is 0 Å². The van der Waals surface area contributed by atoms with Gasteiger partial charge in [0.15, 0.2) is 5.12 Å². The molecule has 0 aromatic carbocycles. The third kappa shape index (κ3) is 5.66. The number of unbranched alkanes of at least 4 members (excludes halogenated alkanes) is 1. The summed E-state index contributed by atoms with van der Waals surface area (Å²) in [7, 11) is 0. The van der Waals surface area contributed by atoms with Crippen LogP contribution in [0.15, 0.2) is 0 Å². The number of aliphatic hydroxyl groups is 1. The van der Waals surface area contributed by atoms with Gasteiger partial charge in [-0.2, -0.15) is 0 Å². The van der Waals surface area contributed by atoms with Crippen molar-refractivity contribution in [3.05, 3.63) is 0 Å². The Balaban J connectivity index is 3.94. The van der Waals surface area contributed by atoms with Gasteiger partial charge in [-0.3, -0.25) is 4.79 Å². The summed E-state index contributed by atoms with van der Waals surface area (Å²) in [6, 6.07) is 0. The number of thiol groups is 1. The molecule has 84 valence electrons. The third-order valence-electron chi connectivity index (χ3n) is 2.73. The molecule has 0 spiro atoms. The van der Waals surface area contributed by atoms with Crippen molar-refractivity contribution in [2.75, 3.05) is 6.61 Å². The summed E-state index contributed by atoms with van der Waals surface area (Å²) in [6.07, 6.45) is 5.42. The van der Waals surface area contributed by atoms with Crippen molar-refractivity contribution in [3.63, 3.8) is 0 Å². The molecule has 2 unspecified atom stereocenters. The van der Waals surface area contributed by atoms with E-state index in [0.717, 1.165) is 19.3 Å². The molecule has 3 heteroatoms. The molecule has 0 aromatic heterocycles. The van der Waals surface area contributed by atoms with Crippen LogP contribution in [0.25, 0.3) is 0 Å². The fourth-order valence-corrected chi connectivity index (χ4v) is 1.82. The standard InChI is InChI=1S/C11H22O2S/c1-3-5-6-9(4-2)7-10(8-12)11(13)14/h9-10,12H,3-8H2,1-2H3,(H,13,14). The smallest absolute Gasteiger partial charge is 0.191 e. The summed E-state index contributed by atoms with van der Waals surface area (Å²) >= 11 is 3.78. The molecule has 0 amide bonds. The van der Waals surface area contributed by atoms with Gasteiger partial charge in [-0.05, 0) is 12.3 Å². The number of carbonyl (C=O) groups is 1. The van der Waals surface area contributed by atoms with Crippen molar-refractivity contribution >= 4 is 17.7 Å². The van der Waals surface area contributed by atoms with Gasteiger partial charge in [0.2, 0.25) is 0 Å². The highest BCUT2D eigenvalue weighted by Crippen LogP contribution is 2.22. The summed E-state index contributed by atoms with van der Waals surface area (Å²) in [6.45, 7) is 4.24. The van der Waals surface area contributed by atoms with Gasteiger partial charge in [0, 0.05) is 0 Å². The molecule has 0 aliphatic rings. The van der Waals surface area contributed by atoms with Crippen molar-refractivity contribution in [1.29, 1.82) is 0 Å². The highest BCUT2D eigenvalue weighted by atomic mass is 32.1. The van der Waals surface area contributed by atoms with E-state index in [-0.39, 0.29) is 17.6 Å². The van der Waals surface area contributed by atoms with Gasteiger partial charge >= 0.3 is 0 Å². The number of carbonyl (C=O) groups excluding carboxylic acids is 1. The van der Waals surface area contributed by atoms with Crippen LogP contribution in [0.2, 0.25) is 0 Å². The van der Waals surface area contributed by atoms with Crippen molar-refractivity contribution in [3.8, 4) is 0 Å². The van der Waals surface area contributed by atoms with Gasteiger partial charge in [-0.1, -0.05) is 39.5 Å². The lowest BCUT2D eigenvalue weighted by atomic mass is 9.89. The zero-order valence-electron chi connectivity index (χ0n) is 9.20. The summed E-state index contributed by atoms with van der Waals surface area (Å²) in [5.74, 6) is 0.295. The van der Waals surface area contributed by atoms with Crippen LogP contribution in [0, 0.1) is 11.8 Å². The van der Waals surface area contributed by atoms with Gasteiger partial charge in [0.25, 0.3) is 0 Å². The molecule has 14 heavy (non-hydrogen) atoms. The first-order chi connectivity index (χ1) is 6.65. The monoisotopic (exact) mass is 218 g/mol. The molecule has 0 saturated carbocycles. The average Bonchev–Trinajstić information content (AvgIpc) is 2.18. The predicted molar refractivity (Wildman–Crippen MR) is 62.5 cm³/mol. The molecule has 0 aliphatic heterocycles. The van der Waals surface area contributed by atoms with E-state index in [0.29, 0.717) is 5.92 Å². The fourth-order valence-electron chi connectivity index (χ4n) is 1.64. The minimum absolute atomic E-state index is 0.0645. The quantitative estimate of drug-likeness (QED) is 0.615. The van der Waals surface area contributed by atoms with E-state index in [1.165, 1.54) is 12.8 Å². The first-order valence-corrected chi connectivity index (χ1v) is 5.94. The van der Waals surface area contributed by atoms with Crippen LogP contribution in [-0.2, 0) is 4.79 Å². The highest BCUT2D eigenvalue weighted by Gasteiger charge is 2.18. The minimum atomic E-state index is -0.264. The minimum Gasteiger partial charge on any atom is -0.396 e. The molecule has 0 radical (unpaired) electrons. The molecule has 2 atom stereocenters. The van der Waals surface area contributed by atoms with Crippen molar-refractivity contribution in [2.24, 2.45) is 11.8 Å². The third-order valence-corrected chi connectivity index (χ3v) is 3.10. The number of rotatable bonds is 8. The zero-order chi connectivity index (χ0) is 11.0. The maximum Gasteiger partial charge on any atom is 0.191 e. The van der Waals surface area contributed by atoms with Gasteiger partial charge in [-0.25, -0.2) is 0 Å². The van der Waals surface area contributed by atoms with Crippen molar-refractivity contribution in [2.45, 2.75) is 46.0 Å². The Labute approximate surface area is 92.5 Å². The molecule has 0 heterocycles. The number of aliphatic hydroxyl groups excluding tert-OH is 1. The molecule has 0 saturated heterocycles. The van der Waals surface area contributed by atoms with Gasteiger partial charge < -0.3 is 5.11 Å². The molecule has 0 fully saturated rings. The average molecular weight is 218 g/mol. The van der Waals surface area contributed by atoms with Crippen LogP contribution in [0.3, 0.4) is 0 Å². The van der Waals surface area contributed by atoms with Crippen LogP contribution in [0.1, 0.15) is 46.0 Å². The number of hydrogen-bond donors (Lipinski definition) is 2. The van der Waals surface area contributed by atoms with E-state index < -0.39 is 0 Å². The summed E-state index contributed by atoms with van der Waals surface area (Å²) in [5, 5.41) is 8.82. The second-order valence-corrected chi connectivity index (χ2v) is 4.31. The Morgan fingerprint density at radius 2 is 2.07 bits per heavy atom. The molecule has 2 nitrogen and oxygen atoms in total. The van der Waals surface area contributed by atoms with Crippen LogP contribution in [0.5, 0.6) is 0 Å². The lowest BCUT2D eigenvalue weighted by Gasteiger charge is -2.18. The Hall–Kier alpha value is -0.0200. The van der Waals surface area contributed by atoms with E-state index in [4.69, 9.17) is 5.11 Å². The van der Waals surface area contributed by atoms with Crippen LogP contribution in [-0.4, -0.2) is 16.8 Å². The molecular formula is C11H22O2S. The second kappa shape index (κ2) is 8.30. The lowest BCUT2D eigenvalue weighted by Crippen LogP contribution is -2.18. The van der Waals surface area contributed by atoms with Crippen molar-refractivity contribution < 1.29 is 9.90 Å². The molecular weight excluding hydrogens is 196 g/mol. The zero-order valence-corrected chi connectivity index (χ0v) is 10.1. The summed E-state index contributed by atoms with van der Waals surface area (Å²) in [4.78, 5) is 11.0. The Kier molecular flexibility index (Phi) is 8.29. The van der Waals surface area contributed by atoms with Crippen molar-refractivity contribution in [1.82, 2.24) is 0 Å². The first kappa shape index (κ1) is 14.0. The van der Waals surface area contributed by atoms with E-state index >= 15 is 0 Å². The van der Waals surface area contributed by atoms with Gasteiger partial charge in [0.05, 0.1) is 12.5 Å². The normalized spacial score (nSPS) is 15.1. The van der Waals surface area contributed by atoms with E-state index in [2.05, 4.69) is 26.5 Å². The predicted octanol–water partition coefficient (Wildman–Crippen LogP) is 2.66. The number of hydrogen-bond acceptors (Lipinski definition) is 2. The fraction of sp³-hybridized carbons (Fsp3) is 0.909. The first-order valence-electron chi connectivity index (χ1n) is 5.49. The van der Waals surface area contributed by atoms with E-state index in [1.807, 2.05) is 0 Å². The largest absolute Gasteiger partial charge is 0.396 e. The van der Waals surface area contributed by atoms with Gasteiger partial charge in [-0.15, -0.1) is 12.6 Å². The SMILES string of the molecule is CCCCC(CC)CC(CO)C(=O)S. The topological polar surface area (TPSA) is 37.3 Å². The van der Waals surface area contributed by atoms with Crippen LogP contribution >= 0.6 is 12.6 Å². The Bertz CT molecular complexity index is 159. The highest BCUT2D eigenvalue weighted by molar-refractivity contribution is 7.96. The maximum absolute atomic E-state index is 11.0. The second-order valence-electron chi connectivity index (χ2n) is 3.87. The Morgan fingerprint density at radius 1 is 1.43 bits per heavy atom. The van der Waals surface area contributed by atoms with E-state index in [9.17, 15) is 4.79 Å². The molecule has 0 bridgehead atoms. The molecule has 0 rings (SSSR count). The van der Waals surface area contributed by atoms with Gasteiger partial charge in [0.1, 0.15) is 0 Å². The van der Waals surface area contributed by atoms with Crippen LogP contribution < -0.4 is 0 Å². The molecule has 1 N–H and O–H groups in total. The summed E-state index contributed by atoms with van der Waals surface area (Å²) in [5.41, 5.74) is 0. The molecule has 0 aliphatic carbocycles. The Morgan fingerprint density at radius 3 is 2.43 bits per heavy atom.